The van der Waals surface area contributed by atoms with Gasteiger partial charge in [-0.3, -0.25) is 9.69 Å². The van der Waals surface area contributed by atoms with Gasteiger partial charge in [-0.2, -0.15) is 0 Å². The summed E-state index contributed by atoms with van der Waals surface area (Å²) in [5.74, 6) is -0.327. The normalized spacial score (nSPS) is 25.7. The Morgan fingerprint density at radius 1 is 1.40 bits per heavy atom. The fourth-order valence-electron chi connectivity index (χ4n) is 2.32. The van der Waals surface area contributed by atoms with Gasteiger partial charge in [0.25, 0.3) is 5.91 Å². The van der Waals surface area contributed by atoms with E-state index in [4.69, 9.17) is 4.74 Å². The Labute approximate surface area is 130 Å². The second-order valence-corrected chi connectivity index (χ2v) is 5.80. The summed E-state index contributed by atoms with van der Waals surface area (Å²) in [4.78, 5) is 27.5. The minimum Gasteiger partial charge on any atom is -0.463 e. The molecule has 0 radical (unpaired) electrons. The third-order valence-corrected chi connectivity index (χ3v) is 4.71. The average Bonchev–Trinajstić information content (AvgIpc) is 2.68. The molecule has 20 heavy (non-hydrogen) atoms. The van der Waals surface area contributed by atoms with Crippen LogP contribution in [0.15, 0.2) is 11.1 Å². The summed E-state index contributed by atoms with van der Waals surface area (Å²) in [7, 11) is 1.71. The smallest absolute Gasteiger partial charge is 0.333 e. The van der Waals surface area contributed by atoms with Crippen LogP contribution in [0.5, 0.6) is 0 Å². The second-order valence-electron chi connectivity index (χ2n) is 4.70. The molecule has 2 rings (SSSR count). The van der Waals surface area contributed by atoms with Crippen molar-refractivity contribution in [2.24, 2.45) is 0 Å². The third kappa shape index (κ3) is 3.90. The SMILES string of the molecule is CCOC(=O)/C=C1/SC(N2CCCCC2)C(=O)N1C.Cl. The van der Waals surface area contributed by atoms with E-state index < -0.39 is 0 Å². The van der Waals surface area contributed by atoms with Gasteiger partial charge >= 0.3 is 5.97 Å². The van der Waals surface area contributed by atoms with Crippen LogP contribution in [0.4, 0.5) is 0 Å². The Balaban J connectivity index is 0.00000200. The molecule has 0 aliphatic carbocycles. The highest BCUT2D eigenvalue weighted by Gasteiger charge is 2.39. The van der Waals surface area contributed by atoms with E-state index in [1.807, 2.05) is 0 Å². The van der Waals surface area contributed by atoms with E-state index in [1.165, 1.54) is 24.3 Å². The molecule has 0 saturated carbocycles. The molecule has 2 saturated heterocycles. The van der Waals surface area contributed by atoms with Crippen molar-refractivity contribution in [2.75, 3.05) is 26.7 Å². The molecule has 0 bridgehead atoms. The van der Waals surface area contributed by atoms with Crippen molar-refractivity contribution >= 4 is 36.0 Å². The van der Waals surface area contributed by atoms with E-state index in [-0.39, 0.29) is 29.7 Å². The molecule has 2 aliphatic rings. The zero-order valence-corrected chi connectivity index (χ0v) is 13.5. The lowest BCUT2D eigenvalue weighted by Gasteiger charge is -2.29. The number of thioether (sulfide) groups is 1. The number of esters is 1. The van der Waals surface area contributed by atoms with Crippen LogP contribution >= 0.6 is 24.2 Å². The van der Waals surface area contributed by atoms with Gasteiger partial charge in [-0.25, -0.2) is 4.79 Å². The Bertz CT molecular complexity index is 397. The third-order valence-electron chi connectivity index (χ3n) is 3.36. The number of rotatable bonds is 3. The van der Waals surface area contributed by atoms with Crippen LogP contribution < -0.4 is 0 Å². The van der Waals surface area contributed by atoms with E-state index in [0.29, 0.717) is 11.6 Å². The lowest BCUT2D eigenvalue weighted by molar-refractivity contribution is -0.137. The van der Waals surface area contributed by atoms with Gasteiger partial charge in [-0.05, 0) is 32.9 Å². The summed E-state index contributed by atoms with van der Waals surface area (Å²) in [5.41, 5.74) is 0. The molecular weight excluding hydrogens is 300 g/mol. The predicted octanol–water partition coefficient (Wildman–Crippen LogP) is 1.83. The first kappa shape index (κ1) is 17.3. The van der Waals surface area contributed by atoms with Crippen LogP contribution in [0.25, 0.3) is 0 Å². The van der Waals surface area contributed by atoms with Crippen LogP contribution in [0.2, 0.25) is 0 Å². The molecule has 114 valence electrons. The van der Waals surface area contributed by atoms with Crippen molar-refractivity contribution in [2.45, 2.75) is 31.6 Å². The molecular formula is C13H21ClN2O3S. The maximum atomic E-state index is 12.2. The summed E-state index contributed by atoms with van der Waals surface area (Å²) < 4.78 is 4.89. The molecule has 2 aliphatic heterocycles. The zero-order valence-electron chi connectivity index (χ0n) is 11.8. The van der Waals surface area contributed by atoms with E-state index in [2.05, 4.69) is 4.90 Å². The number of carbonyl (C=O) groups is 2. The monoisotopic (exact) mass is 320 g/mol. The molecule has 0 aromatic heterocycles. The Morgan fingerprint density at radius 2 is 2.05 bits per heavy atom. The number of hydrogen-bond acceptors (Lipinski definition) is 5. The van der Waals surface area contributed by atoms with Gasteiger partial charge in [0.2, 0.25) is 0 Å². The van der Waals surface area contributed by atoms with Gasteiger partial charge in [-0.15, -0.1) is 12.4 Å². The van der Waals surface area contributed by atoms with E-state index >= 15 is 0 Å². The number of ether oxygens (including phenoxy) is 1. The van der Waals surface area contributed by atoms with Crippen molar-refractivity contribution in [3.05, 3.63) is 11.1 Å². The minimum atomic E-state index is -0.385. The van der Waals surface area contributed by atoms with Gasteiger partial charge in [0.05, 0.1) is 17.7 Å². The molecule has 2 heterocycles. The first-order chi connectivity index (χ1) is 9.13. The molecule has 0 spiro atoms. The molecule has 1 unspecified atom stereocenters. The van der Waals surface area contributed by atoms with E-state index in [1.54, 1.807) is 18.9 Å². The topological polar surface area (TPSA) is 49.9 Å². The van der Waals surface area contributed by atoms with Crippen molar-refractivity contribution in [3.63, 3.8) is 0 Å². The van der Waals surface area contributed by atoms with Gasteiger partial charge in [0.15, 0.2) is 0 Å². The summed E-state index contributed by atoms with van der Waals surface area (Å²) in [6, 6.07) is 0. The fourth-order valence-corrected chi connectivity index (χ4v) is 3.58. The van der Waals surface area contributed by atoms with Crippen molar-refractivity contribution in [1.82, 2.24) is 9.80 Å². The lowest BCUT2D eigenvalue weighted by atomic mass is 10.1. The Hall–Kier alpha value is -0.720. The molecule has 1 amide bonds. The largest absolute Gasteiger partial charge is 0.463 e. The number of amides is 1. The molecule has 0 aromatic carbocycles. The summed E-state index contributed by atoms with van der Waals surface area (Å²) in [6.45, 7) is 4.04. The molecule has 1 atom stereocenters. The summed E-state index contributed by atoms with van der Waals surface area (Å²) in [5, 5.41) is 0.505. The van der Waals surface area contributed by atoms with Crippen LogP contribution in [-0.2, 0) is 14.3 Å². The van der Waals surface area contributed by atoms with Gasteiger partial charge in [0, 0.05) is 7.05 Å². The quantitative estimate of drug-likeness (QED) is 0.586. The van der Waals surface area contributed by atoms with Gasteiger partial charge in [0.1, 0.15) is 5.37 Å². The number of likely N-dealkylation sites (tertiary alicyclic amines) is 1. The van der Waals surface area contributed by atoms with E-state index in [9.17, 15) is 9.59 Å². The molecule has 2 fully saturated rings. The Kier molecular flexibility index (Phi) is 6.85. The molecule has 0 aromatic rings. The Morgan fingerprint density at radius 3 is 2.65 bits per heavy atom. The summed E-state index contributed by atoms with van der Waals surface area (Å²) in [6.07, 6.45) is 4.94. The number of nitrogens with zero attached hydrogens (tertiary/aromatic N) is 2. The molecule has 7 heteroatoms. The lowest BCUT2D eigenvalue weighted by Crippen LogP contribution is -2.42. The number of hydrogen-bond donors (Lipinski definition) is 0. The van der Waals surface area contributed by atoms with Crippen molar-refractivity contribution in [1.29, 1.82) is 0 Å². The summed E-state index contributed by atoms with van der Waals surface area (Å²) >= 11 is 1.45. The highest BCUT2D eigenvalue weighted by molar-refractivity contribution is 8.04. The maximum Gasteiger partial charge on any atom is 0.333 e. The predicted molar refractivity (Wildman–Crippen MR) is 81.5 cm³/mol. The van der Waals surface area contributed by atoms with Crippen LogP contribution in [0.3, 0.4) is 0 Å². The number of piperidine rings is 1. The minimum absolute atomic E-state index is 0. The fraction of sp³-hybridized carbons (Fsp3) is 0.692. The maximum absolute atomic E-state index is 12.2. The standard InChI is InChI=1S/C13H20N2O3S.ClH/c1-3-18-11(16)9-10-14(2)12(17)13(19-10)15-7-5-4-6-8-15;/h9,13H,3-8H2,1-2H3;1H/b10-9+;. The van der Waals surface area contributed by atoms with Crippen molar-refractivity contribution < 1.29 is 14.3 Å². The molecule has 5 nitrogen and oxygen atoms in total. The first-order valence-corrected chi connectivity index (χ1v) is 7.58. The highest BCUT2D eigenvalue weighted by Crippen LogP contribution is 2.36. The second kappa shape index (κ2) is 7.90. The molecule has 0 N–H and O–H groups in total. The van der Waals surface area contributed by atoms with Gasteiger partial charge in [-0.1, -0.05) is 18.2 Å². The number of likely N-dealkylation sites (N-methyl/N-ethyl adjacent to an activating group) is 1. The van der Waals surface area contributed by atoms with Crippen molar-refractivity contribution in [3.8, 4) is 0 Å². The van der Waals surface area contributed by atoms with Crippen LogP contribution in [0.1, 0.15) is 26.2 Å². The first-order valence-electron chi connectivity index (χ1n) is 6.70. The van der Waals surface area contributed by atoms with Crippen LogP contribution in [-0.4, -0.2) is 53.8 Å². The van der Waals surface area contributed by atoms with Crippen LogP contribution in [0, 0.1) is 0 Å². The van der Waals surface area contributed by atoms with Gasteiger partial charge < -0.3 is 9.64 Å². The highest BCUT2D eigenvalue weighted by atomic mass is 35.5. The number of carbonyl (C=O) groups excluding carboxylic acids is 2. The zero-order chi connectivity index (χ0) is 13.8. The van der Waals surface area contributed by atoms with E-state index in [0.717, 1.165) is 25.9 Å². The number of halogens is 1. The average molecular weight is 321 g/mol.